The summed E-state index contributed by atoms with van der Waals surface area (Å²) < 4.78 is 11.7. The van der Waals surface area contributed by atoms with Crippen molar-refractivity contribution in [3.63, 3.8) is 0 Å². The third kappa shape index (κ3) is 7.98. The standard InChI is InChI=1S/C23H34N2O2/c1-17(15-26-21-11-7-9-19(3)24-21)13-14-18(2)20-10-8-12-22(25-20)27-16-23(4,5)6/h7-12,17-18H,13-16H2,1-6H3. The molecular formula is C23H34N2O2. The van der Waals surface area contributed by atoms with Gasteiger partial charge in [-0.3, -0.25) is 0 Å². The number of ether oxygens (including phenoxy) is 2. The van der Waals surface area contributed by atoms with Crippen LogP contribution in [0.25, 0.3) is 0 Å². The lowest BCUT2D eigenvalue weighted by molar-refractivity contribution is 0.191. The Balaban J connectivity index is 1.79. The topological polar surface area (TPSA) is 44.2 Å². The molecule has 2 unspecified atom stereocenters. The van der Waals surface area contributed by atoms with Gasteiger partial charge in [-0.25, -0.2) is 9.97 Å². The fraction of sp³-hybridized carbons (Fsp3) is 0.565. The number of hydrogen-bond donors (Lipinski definition) is 0. The van der Waals surface area contributed by atoms with Gasteiger partial charge in [-0.05, 0) is 49.1 Å². The molecule has 2 heterocycles. The van der Waals surface area contributed by atoms with Crippen molar-refractivity contribution < 1.29 is 9.47 Å². The molecule has 0 aliphatic carbocycles. The molecule has 0 saturated heterocycles. The van der Waals surface area contributed by atoms with Crippen LogP contribution >= 0.6 is 0 Å². The first-order chi connectivity index (χ1) is 12.7. The highest BCUT2D eigenvalue weighted by Gasteiger charge is 2.14. The Labute approximate surface area is 164 Å². The minimum atomic E-state index is 0.130. The maximum absolute atomic E-state index is 5.85. The quantitative estimate of drug-likeness (QED) is 0.559. The van der Waals surface area contributed by atoms with E-state index >= 15 is 0 Å². The highest BCUT2D eigenvalue weighted by molar-refractivity contribution is 5.18. The molecule has 27 heavy (non-hydrogen) atoms. The van der Waals surface area contributed by atoms with E-state index in [9.17, 15) is 0 Å². The lowest BCUT2D eigenvalue weighted by Crippen LogP contribution is -2.17. The SMILES string of the molecule is Cc1cccc(OCC(C)CCC(C)c2cccc(OCC(C)(C)C)n2)n1. The zero-order valence-electron chi connectivity index (χ0n) is 17.7. The van der Waals surface area contributed by atoms with Crippen LogP contribution in [0.15, 0.2) is 36.4 Å². The molecule has 2 rings (SSSR count). The molecule has 0 spiro atoms. The van der Waals surface area contributed by atoms with Gasteiger partial charge in [0, 0.05) is 23.5 Å². The average molecular weight is 371 g/mol. The van der Waals surface area contributed by atoms with Gasteiger partial charge in [-0.1, -0.05) is 46.8 Å². The second-order valence-electron chi connectivity index (χ2n) is 8.76. The molecule has 4 nitrogen and oxygen atoms in total. The van der Waals surface area contributed by atoms with Crippen molar-refractivity contribution >= 4 is 0 Å². The van der Waals surface area contributed by atoms with Crippen molar-refractivity contribution in [2.45, 2.75) is 60.3 Å². The van der Waals surface area contributed by atoms with E-state index in [4.69, 9.17) is 14.5 Å². The summed E-state index contributed by atoms with van der Waals surface area (Å²) in [6.45, 7) is 14.3. The van der Waals surface area contributed by atoms with Crippen molar-refractivity contribution in [2.24, 2.45) is 11.3 Å². The summed E-state index contributed by atoms with van der Waals surface area (Å²) in [6, 6.07) is 11.9. The summed E-state index contributed by atoms with van der Waals surface area (Å²) >= 11 is 0. The monoisotopic (exact) mass is 370 g/mol. The number of aryl methyl sites for hydroxylation is 1. The first-order valence-electron chi connectivity index (χ1n) is 9.89. The maximum Gasteiger partial charge on any atom is 0.213 e. The first-order valence-corrected chi connectivity index (χ1v) is 9.89. The molecule has 0 fully saturated rings. The number of pyridine rings is 2. The summed E-state index contributed by atoms with van der Waals surface area (Å²) in [7, 11) is 0. The van der Waals surface area contributed by atoms with Gasteiger partial charge >= 0.3 is 0 Å². The Morgan fingerprint density at radius 3 is 2.22 bits per heavy atom. The molecule has 0 radical (unpaired) electrons. The van der Waals surface area contributed by atoms with E-state index < -0.39 is 0 Å². The zero-order chi connectivity index (χ0) is 19.9. The molecule has 0 saturated carbocycles. The van der Waals surface area contributed by atoms with Gasteiger partial charge in [0.2, 0.25) is 11.8 Å². The number of hydrogen-bond acceptors (Lipinski definition) is 4. The lowest BCUT2D eigenvalue weighted by Gasteiger charge is -2.19. The highest BCUT2D eigenvalue weighted by atomic mass is 16.5. The molecule has 0 N–H and O–H groups in total. The molecule has 0 bridgehead atoms. The van der Waals surface area contributed by atoms with Gasteiger partial charge in [0.25, 0.3) is 0 Å². The smallest absolute Gasteiger partial charge is 0.213 e. The van der Waals surface area contributed by atoms with Crippen LogP contribution in [0.5, 0.6) is 11.8 Å². The third-order valence-corrected chi connectivity index (χ3v) is 4.37. The third-order valence-electron chi connectivity index (χ3n) is 4.37. The van der Waals surface area contributed by atoms with Crippen molar-refractivity contribution in [1.82, 2.24) is 9.97 Å². The maximum atomic E-state index is 5.85. The molecular weight excluding hydrogens is 336 g/mol. The summed E-state index contributed by atoms with van der Waals surface area (Å²) in [6.07, 6.45) is 2.16. The highest BCUT2D eigenvalue weighted by Crippen LogP contribution is 2.24. The Kier molecular flexibility index (Phi) is 7.64. The Bertz CT molecular complexity index is 710. The lowest BCUT2D eigenvalue weighted by atomic mass is 9.96. The molecule has 2 aromatic rings. The van der Waals surface area contributed by atoms with E-state index in [1.165, 1.54) is 0 Å². The molecule has 0 amide bonds. The van der Waals surface area contributed by atoms with Crippen molar-refractivity contribution in [3.05, 3.63) is 47.8 Å². The normalized spacial score (nSPS) is 13.9. The Morgan fingerprint density at radius 1 is 0.889 bits per heavy atom. The van der Waals surface area contributed by atoms with E-state index in [0.29, 0.717) is 30.9 Å². The number of aromatic nitrogens is 2. The van der Waals surface area contributed by atoms with E-state index in [0.717, 1.165) is 30.1 Å². The Hall–Kier alpha value is -2.10. The zero-order valence-corrected chi connectivity index (χ0v) is 17.7. The second kappa shape index (κ2) is 9.72. The van der Waals surface area contributed by atoms with Gasteiger partial charge in [0.15, 0.2) is 0 Å². The van der Waals surface area contributed by atoms with E-state index in [-0.39, 0.29) is 5.41 Å². The van der Waals surface area contributed by atoms with Gasteiger partial charge in [0.1, 0.15) is 0 Å². The molecule has 0 aromatic carbocycles. The van der Waals surface area contributed by atoms with E-state index in [1.54, 1.807) is 0 Å². The van der Waals surface area contributed by atoms with Crippen LogP contribution in [-0.2, 0) is 0 Å². The first kappa shape index (κ1) is 21.2. The van der Waals surface area contributed by atoms with Gasteiger partial charge in [-0.2, -0.15) is 0 Å². The van der Waals surface area contributed by atoms with E-state index in [1.807, 2.05) is 37.3 Å². The minimum absolute atomic E-state index is 0.130. The summed E-state index contributed by atoms with van der Waals surface area (Å²) in [5.41, 5.74) is 2.20. The van der Waals surface area contributed by atoms with Crippen LogP contribution in [0, 0.1) is 18.3 Å². The summed E-state index contributed by atoms with van der Waals surface area (Å²) in [5.74, 6) is 2.29. The molecule has 0 aliphatic heterocycles. The van der Waals surface area contributed by atoms with Crippen molar-refractivity contribution in [2.75, 3.05) is 13.2 Å². The van der Waals surface area contributed by atoms with Gasteiger partial charge < -0.3 is 9.47 Å². The molecule has 0 aliphatic rings. The average Bonchev–Trinajstić information content (AvgIpc) is 2.62. The summed E-state index contributed by atoms with van der Waals surface area (Å²) in [5, 5.41) is 0. The van der Waals surface area contributed by atoms with Crippen LogP contribution in [0.1, 0.15) is 64.8 Å². The van der Waals surface area contributed by atoms with Gasteiger partial charge in [-0.15, -0.1) is 0 Å². The van der Waals surface area contributed by atoms with Gasteiger partial charge in [0.05, 0.1) is 13.2 Å². The van der Waals surface area contributed by atoms with Crippen molar-refractivity contribution in [1.29, 1.82) is 0 Å². The van der Waals surface area contributed by atoms with Crippen LogP contribution in [0.4, 0.5) is 0 Å². The second-order valence-corrected chi connectivity index (χ2v) is 8.76. The molecule has 148 valence electrons. The predicted octanol–water partition coefficient (Wildman–Crippen LogP) is 5.81. The van der Waals surface area contributed by atoms with Crippen LogP contribution in [-0.4, -0.2) is 23.2 Å². The van der Waals surface area contributed by atoms with Crippen LogP contribution < -0.4 is 9.47 Å². The minimum Gasteiger partial charge on any atom is -0.477 e. The van der Waals surface area contributed by atoms with E-state index in [2.05, 4.69) is 45.7 Å². The fourth-order valence-electron chi connectivity index (χ4n) is 2.67. The predicted molar refractivity (Wildman–Crippen MR) is 110 cm³/mol. The van der Waals surface area contributed by atoms with Crippen molar-refractivity contribution in [3.8, 4) is 11.8 Å². The molecule has 2 aromatic heterocycles. The fourth-order valence-corrected chi connectivity index (χ4v) is 2.67. The summed E-state index contributed by atoms with van der Waals surface area (Å²) in [4.78, 5) is 9.08. The largest absolute Gasteiger partial charge is 0.477 e. The Morgan fingerprint density at radius 2 is 1.56 bits per heavy atom. The number of rotatable bonds is 9. The molecule has 2 atom stereocenters. The number of nitrogens with zero attached hydrogens (tertiary/aromatic N) is 2. The molecule has 4 heteroatoms. The van der Waals surface area contributed by atoms with Crippen LogP contribution in [0.3, 0.4) is 0 Å². The van der Waals surface area contributed by atoms with Crippen LogP contribution in [0.2, 0.25) is 0 Å².